The van der Waals surface area contributed by atoms with Gasteiger partial charge in [-0.15, -0.1) is 0 Å². The molecule has 1 aliphatic heterocycles. The van der Waals surface area contributed by atoms with Gasteiger partial charge in [0, 0.05) is 6.54 Å². The highest BCUT2D eigenvalue weighted by atomic mass is 32.2. The van der Waals surface area contributed by atoms with Gasteiger partial charge in [-0.1, -0.05) is 24.3 Å². The molecule has 8 nitrogen and oxygen atoms in total. The molecule has 9 heteroatoms. The number of carbonyl (C=O) groups is 1. The Labute approximate surface area is 176 Å². The number of piperidine rings is 1. The third-order valence-corrected chi connectivity index (χ3v) is 7.26. The largest absolute Gasteiger partial charge is 0.489 e. The molecule has 3 rings (SSSR count). The normalized spacial score (nSPS) is 22.5. The van der Waals surface area contributed by atoms with Gasteiger partial charge in [0.25, 0.3) is 5.91 Å². The summed E-state index contributed by atoms with van der Waals surface area (Å²) in [6.45, 7) is 3.78. The van der Waals surface area contributed by atoms with Crippen LogP contribution < -0.4 is 10.2 Å². The summed E-state index contributed by atoms with van der Waals surface area (Å²) in [5, 5.41) is 19.6. The minimum Gasteiger partial charge on any atom is -0.489 e. The highest BCUT2D eigenvalue weighted by molar-refractivity contribution is 7.89. The maximum Gasteiger partial charge on any atom is 0.264 e. The molecular formula is C21H26N2O6S. The number of amides is 1. The zero-order valence-corrected chi connectivity index (χ0v) is 17.7. The number of sulfonamides is 1. The first-order valence-corrected chi connectivity index (χ1v) is 11.1. The van der Waals surface area contributed by atoms with E-state index in [1.54, 1.807) is 12.1 Å². The Kier molecular flexibility index (Phi) is 6.47. The van der Waals surface area contributed by atoms with Gasteiger partial charge in [0.15, 0.2) is 0 Å². The van der Waals surface area contributed by atoms with Gasteiger partial charge >= 0.3 is 0 Å². The molecule has 0 bridgehead atoms. The molecule has 0 aromatic heterocycles. The summed E-state index contributed by atoms with van der Waals surface area (Å²) < 4.78 is 33.0. The van der Waals surface area contributed by atoms with Crippen molar-refractivity contribution >= 4 is 15.9 Å². The summed E-state index contributed by atoms with van der Waals surface area (Å²) in [4.78, 5) is 12.1. The molecule has 162 valence electrons. The maximum atomic E-state index is 13.2. The number of carbonyl (C=O) groups excluding carboxylic acids is 1. The van der Waals surface area contributed by atoms with E-state index >= 15 is 0 Å². The highest BCUT2D eigenvalue weighted by Gasteiger charge is 2.49. The second-order valence-electron chi connectivity index (χ2n) is 7.64. The maximum absolute atomic E-state index is 13.2. The van der Waals surface area contributed by atoms with E-state index in [1.165, 1.54) is 24.5 Å². The Hall–Kier alpha value is -2.46. The van der Waals surface area contributed by atoms with Gasteiger partial charge < -0.3 is 9.84 Å². The van der Waals surface area contributed by atoms with Crippen LogP contribution in [-0.2, 0) is 21.4 Å². The van der Waals surface area contributed by atoms with E-state index in [1.807, 2.05) is 31.2 Å². The zero-order chi connectivity index (χ0) is 21.9. The van der Waals surface area contributed by atoms with E-state index < -0.39 is 27.6 Å². The predicted molar refractivity (Wildman–Crippen MR) is 109 cm³/mol. The fourth-order valence-electron chi connectivity index (χ4n) is 3.68. The van der Waals surface area contributed by atoms with Gasteiger partial charge in [-0.25, -0.2) is 13.9 Å². The predicted octanol–water partition coefficient (Wildman–Crippen LogP) is 1.98. The van der Waals surface area contributed by atoms with E-state index in [0.29, 0.717) is 18.8 Å². The Morgan fingerprint density at radius 1 is 1.23 bits per heavy atom. The lowest BCUT2D eigenvalue weighted by Crippen LogP contribution is -2.62. The lowest BCUT2D eigenvalue weighted by Gasteiger charge is -2.42. The molecule has 2 atom stereocenters. The van der Waals surface area contributed by atoms with Crippen LogP contribution in [0.3, 0.4) is 0 Å². The molecule has 2 aromatic rings. The Morgan fingerprint density at radius 3 is 2.53 bits per heavy atom. The van der Waals surface area contributed by atoms with Crippen LogP contribution in [-0.4, -0.2) is 47.1 Å². The number of rotatable bonds is 6. The molecule has 2 aromatic carbocycles. The first-order chi connectivity index (χ1) is 14.2. The Balaban J connectivity index is 1.80. The fourth-order valence-corrected chi connectivity index (χ4v) is 5.40. The summed E-state index contributed by atoms with van der Waals surface area (Å²) in [5.74, 6) is -0.464. The molecule has 1 aliphatic rings. The number of hydrogen-bond acceptors (Lipinski definition) is 6. The van der Waals surface area contributed by atoms with Crippen LogP contribution in [0.5, 0.6) is 5.75 Å². The minimum atomic E-state index is -4.08. The number of nitrogens with one attached hydrogen (secondary N) is 1. The number of hydrogen-bond donors (Lipinski definition) is 3. The van der Waals surface area contributed by atoms with Crippen molar-refractivity contribution in [2.75, 3.05) is 6.54 Å². The molecule has 0 radical (unpaired) electrons. The number of nitrogens with zero attached hydrogens (tertiary/aromatic N) is 1. The Morgan fingerprint density at radius 2 is 1.90 bits per heavy atom. The molecule has 0 spiro atoms. The molecule has 30 heavy (non-hydrogen) atoms. The van der Waals surface area contributed by atoms with Crippen molar-refractivity contribution in [3.05, 3.63) is 59.7 Å². The molecule has 1 fully saturated rings. The van der Waals surface area contributed by atoms with E-state index in [-0.39, 0.29) is 17.9 Å². The number of hydroxylamine groups is 1. The van der Waals surface area contributed by atoms with Crippen LogP contribution in [0, 0.1) is 6.92 Å². The van der Waals surface area contributed by atoms with Gasteiger partial charge in [0.2, 0.25) is 10.0 Å². The Bertz CT molecular complexity index is 1000. The van der Waals surface area contributed by atoms with Gasteiger partial charge in [-0.3, -0.25) is 10.0 Å². The number of ether oxygens (including phenoxy) is 1. The van der Waals surface area contributed by atoms with E-state index in [2.05, 4.69) is 0 Å². The second kappa shape index (κ2) is 8.73. The van der Waals surface area contributed by atoms with Crippen LogP contribution in [0.1, 0.15) is 30.9 Å². The van der Waals surface area contributed by atoms with Crippen molar-refractivity contribution in [3.8, 4) is 5.75 Å². The smallest absolute Gasteiger partial charge is 0.264 e. The van der Waals surface area contributed by atoms with Gasteiger partial charge in [0.1, 0.15) is 18.4 Å². The van der Waals surface area contributed by atoms with Crippen LogP contribution >= 0.6 is 0 Å². The minimum absolute atomic E-state index is 0.0285. The average molecular weight is 435 g/mol. The third-order valence-electron chi connectivity index (χ3n) is 5.38. The topological polar surface area (TPSA) is 116 Å². The molecule has 0 aliphatic carbocycles. The second-order valence-corrected chi connectivity index (χ2v) is 9.53. The molecular weight excluding hydrogens is 408 g/mol. The van der Waals surface area contributed by atoms with Crippen molar-refractivity contribution < 1.29 is 28.3 Å². The molecule has 1 amide bonds. The molecule has 1 heterocycles. The number of benzene rings is 2. The van der Waals surface area contributed by atoms with Gasteiger partial charge in [-0.05, 0) is 62.1 Å². The third kappa shape index (κ3) is 4.49. The van der Waals surface area contributed by atoms with Crippen molar-refractivity contribution in [1.29, 1.82) is 0 Å². The van der Waals surface area contributed by atoms with Crippen molar-refractivity contribution in [1.82, 2.24) is 9.79 Å². The summed E-state index contributed by atoms with van der Waals surface area (Å²) in [7, 11) is -4.08. The van der Waals surface area contributed by atoms with E-state index in [9.17, 15) is 18.3 Å². The number of aryl methyl sites for hydroxylation is 1. The molecule has 0 saturated carbocycles. The first kappa shape index (κ1) is 22.2. The van der Waals surface area contributed by atoms with Crippen molar-refractivity contribution in [2.45, 2.75) is 49.8 Å². The molecule has 1 saturated heterocycles. The number of aliphatic hydroxyl groups is 1. The molecule has 0 unspecified atom stereocenters. The summed E-state index contributed by atoms with van der Waals surface area (Å²) in [6.07, 6.45) is 0.627. The lowest BCUT2D eigenvalue weighted by atomic mass is 9.87. The van der Waals surface area contributed by atoms with Crippen LogP contribution in [0.4, 0.5) is 0 Å². The van der Waals surface area contributed by atoms with E-state index in [0.717, 1.165) is 15.4 Å². The lowest BCUT2D eigenvalue weighted by molar-refractivity contribution is -0.144. The quantitative estimate of drug-likeness (QED) is 0.473. The van der Waals surface area contributed by atoms with Crippen LogP contribution in [0.25, 0.3) is 0 Å². The standard InChI is InChI=1S/C21H26N2O6S/c1-15-6-3-4-7-16(15)14-29-17-8-10-18(11-9-17)30(27,28)23-13-5-12-21(2,25)19(23)20(24)22-26/h3-4,6-11,19,25-26H,5,12-14H2,1-2H3,(H,22,24)/t19-,21+/m0/s1. The average Bonchev–Trinajstić information content (AvgIpc) is 2.72. The van der Waals surface area contributed by atoms with E-state index in [4.69, 9.17) is 9.94 Å². The highest BCUT2D eigenvalue weighted by Crippen LogP contribution is 2.32. The van der Waals surface area contributed by atoms with Crippen molar-refractivity contribution in [3.63, 3.8) is 0 Å². The monoisotopic (exact) mass is 434 g/mol. The summed E-state index contributed by atoms with van der Waals surface area (Å²) >= 11 is 0. The summed E-state index contributed by atoms with van der Waals surface area (Å²) in [6, 6.07) is 12.3. The van der Waals surface area contributed by atoms with Crippen LogP contribution in [0.15, 0.2) is 53.4 Å². The fraction of sp³-hybridized carbons (Fsp3) is 0.381. The first-order valence-electron chi connectivity index (χ1n) is 9.62. The zero-order valence-electron chi connectivity index (χ0n) is 16.9. The molecule has 3 N–H and O–H groups in total. The SMILES string of the molecule is Cc1ccccc1COc1ccc(S(=O)(=O)N2CCC[C@@](C)(O)[C@@H]2C(=O)NO)cc1. The van der Waals surface area contributed by atoms with Gasteiger partial charge in [-0.2, -0.15) is 4.31 Å². The van der Waals surface area contributed by atoms with Gasteiger partial charge in [0.05, 0.1) is 10.5 Å². The summed E-state index contributed by atoms with van der Waals surface area (Å²) in [5.41, 5.74) is 1.99. The van der Waals surface area contributed by atoms with Crippen LogP contribution in [0.2, 0.25) is 0 Å². The van der Waals surface area contributed by atoms with Crippen molar-refractivity contribution in [2.24, 2.45) is 0 Å².